The number of halogens is 2. The summed E-state index contributed by atoms with van der Waals surface area (Å²) in [7, 11) is 0. The minimum atomic E-state index is -0.957. The van der Waals surface area contributed by atoms with Crippen LogP contribution in [0.5, 0.6) is 0 Å². The van der Waals surface area contributed by atoms with Crippen molar-refractivity contribution < 1.29 is 14.3 Å². The van der Waals surface area contributed by atoms with Crippen LogP contribution in [0.3, 0.4) is 0 Å². The lowest BCUT2D eigenvalue weighted by Gasteiger charge is -1.96. The number of carbonyl (C=O) groups is 1. The maximum atomic E-state index is 12.7. The molecule has 0 amide bonds. The second kappa shape index (κ2) is 4.72. The van der Waals surface area contributed by atoms with E-state index < -0.39 is 11.8 Å². The maximum Gasteiger partial charge on any atom is 0.307 e. The average Bonchev–Trinajstić information content (AvgIpc) is 2.10. The van der Waals surface area contributed by atoms with E-state index in [0.717, 1.165) is 6.20 Å². The Kier molecular flexibility index (Phi) is 3.59. The highest BCUT2D eigenvalue weighted by Crippen LogP contribution is 2.15. The molecular weight excluding hydrogens is 209 g/mol. The molecule has 0 fully saturated rings. The topological polar surface area (TPSA) is 50.2 Å². The van der Waals surface area contributed by atoms with Crippen LogP contribution in [0.2, 0.25) is 5.15 Å². The van der Waals surface area contributed by atoms with Gasteiger partial charge in [-0.3, -0.25) is 4.79 Å². The molecule has 0 aliphatic heterocycles. The Morgan fingerprint density at radius 1 is 1.71 bits per heavy atom. The first-order chi connectivity index (χ1) is 6.59. The Morgan fingerprint density at radius 3 is 3.07 bits per heavy atom. The van der Waals surface area contributed by atoms with E-state index in [1.807, 2.05) is 0 Å². The largest absolute Gasteiger partial charge is 0.481 e. The smallest absolute Gasteiger partial charge is 0.307 e. The molecule has 14 heavy (non-hydrogen) atoms. The lowest BCUT2D eigenvalue weighted by atomic mass is 10.2. The fourth-order valence-electron chi connectivity index (χ4n) is 0.842. The SMILES string of the molecule is O=C(O)CC=Cc1cc(F)cnc1Cl. The van der Waals surface area contributed by atoms with Gasteiger partial charge >= 0.3 is 5.97 Å². The Hall–Kier alpha value is -1.42. The van der Waals surface area contributed by atoms with Gasteiger partial charge in [0, 0.05) is 5.56 Å². The standard InChI is InChI=1S/C9H7ClFNO2/c10-9-6(2-1-3-8(13)14)4-7(11)5-12-9/h1-2,4-5H,3H2,(H,13,14). The molecule has 0 radical (unpaired) electrons. The molecule has 3 nitrogen and oxygen atoms in total. The number of aliphatic carboxylic acids is 1. The number of pyridine rings is 1. The lowest BCUT2D eigenvalue weighted by molar-refractivity contribution is -0.135. The first-order valence-electron chi connectivity index (χ1n) is 3.79. The van der Waals surface area contributed by atoms with Crippen molar-refractivity contribution in [1.82, 2.24) is 4.98 Å². The van der Waals surface area contributed by atoms with Gasteiger partial charge < -0.3 is 5.11 Å². The minimum absolute atomic E-state index is 0.132. The molecule has 1 rings (SSSR count). The fourth-order valence-corrected chi connectivity index (χ4v) is 1.01. The molecule has 1 heterocycles. The minimum Gasteiger partial charge on any atom is -0.481 e. The van der Waals surface area contributed by atoms with Crippen molar-refractivity contribution in [1.29, 1.82) is 0 Å². The summed E-state index contributed by atoms with van der Waals surface area (Å²) in [4.78, 5) is 13.7. The predicted molar refractivity (Wildman–Crippen MR) is 50.5 cm³/mol. The molecule has 1 aromatic rings. The lowest BCUT2D eigenvalue weighted by Crippen LogP contribution is -1.90. The molecule has 0 saturated carbocycles. The fraction of sp³-hybridized carbons (Fsp3) is 0.111. The second-order valence-corrected chi connectivity index (χ2v) is 2.89. The first-order valence-corrected chi connectivity index (χ1v) is 4.17. The summed E-state index contributed by atoms with van der Waals surface area (Å²) in [5.74, 6) is -1.47. The van der Waals surface area contributed by atoms with Crippen molar-refractivity contribution in [2.45, 2.75) is 6.42 Å². The summed E-state index contributed by atoms with van der Waals surface area (Å²) in [6.07, 6.45) is 3.67. The van der Waals surface area contributed by atoms with Crippen LogP contribution in [0, 0.1) is 5.82 Å². The van der Waals surface area contributed by atoms with Crippen molar-refractivity contribution in [2.75, 3.05) is 0 Å². The molecule has 1 aromatic heterocycles. The predicted octanol–water partition coefficient (Wildman–Crippen LogP) is 2.36. The summed E-state index contributed by atoms with van der Waals surface area (Å²) >= 11 is 5.64. The molecular formula is C9H7ClFNO2. The number of carboxylic acids is 1. The Morgan fingerprint density at radius 2 is 2.43 bits per heavy atom. The van der Waals surface area contributed by atoms with Gasteiger partial charge in [-0.25, -0.2) is 9.37 Å². The van der Waals surface area contributed by atoms with Crippen LogP contribution in [-0.4, -0.2) is 16.1 Å². The van der Waals surface area contributed by atoms with Crippen LogP contribution in [0.1, 0.15) is 12.0 Å². The summed E-state index contributed by atoms with van der Waals surface area (Å²) < 4.78 is 12.7. The van der Waals surface area contributed by atoms with E-state index >= 15 is 0 Å². The summed E-state index contributed by atoms with van der Waals surface area (Å²) in [6, 6.07) is 1.19. The molecule has 1 N–H and O–H groups in total. The van der Waals surface area contributed by atoms with Crippen molar-refractivity contribution in [3.8, 4) is 0 Å². The molecule has 0 saturated heterocycles. The van der Waals surface area contributed by atoms with E-state index in [1.54, 1.807) is 0 Å². The van der Waals surface area contributed by atoms with Gasteiger partial charge in [-0.15, -0.1) is 0 Å². The van der Waals surface area contributed by atoms with E-state index in [2.05, 4.69) is 4.98 Å². The van der Waals surface area contributed by atoms with Crippen LogP contribution in [0.4, 0.5) is 4.39 Å². The Labute approximate surface area is 84.8 Å². The maximum absolute atomic E-state index is 12.7. The Bertz CT molecular complexity index is 379. The van der Waals surface area contributed by atoms with Crippen LogP contribution in [0.15, 0.2) is 18.3 Å². The highest BCUT2D eigenvalue weighted by molar-refractivity contribution is 6.30. The zero-order valence-corrected chi connectivity index (χ0v) is 7.83. The third-order valence-electron chi connectivity index (χ3n) is 1.42. The van der Waals surface area contributed by atoms with Crippen molar-refractivity contribution >= 4 is 23.6 Å². The molecule has 0 aliphatic rings. The van der Waals surface area contributed by atoms with Gasteiger partial charge in [0.2, 0.25) is 0 Å². The van der Waals surface area contributed by atoms with Gasteiger partial charge in [0.25, 0.3) is 0 Å². The highest BCUT2D eigenvalue weighted by Gasteiger charge is 1.99. The summed E-state index contributed by atoms with van der Waals surface area (Å²) in [5, 5.41) is 8.49. The van der Waals surface area contributed by atoms with Gasteiger partial charge in [-0.2, -0.15) is 0 Å². The molecule has 0 spiro atoms. The van der Waals surface area contributed by atoms with Gasteiger partial charge in [0.1, 0.15) is 11.0 Å². The number of hydrogen-bond acceptors (Lipinski definition) is 2. The quantitative estimate of drug-likeness (QED) is 0.788. The third-order valence-corrected chi connectivity index (χ3v) is 1.74. The first kappa shape index (κ1) is 10.7. The van der Waals surface area contributed by atoms with Crippen LogP contribution >= 0.6 is 11.6 Å². The molecule has 0 atom stereocenters. The van der Waals surface area contributed by atoms with Gasteiger partial charge in [-0.1, -0.05) is 23.8 Å². The molecule has 0 unspecified atom stereocenters. The van der Waals surface area contributed by atoms with Crippen LogP contribution in [0.25, 0.3) is 6.08 Å². The van der Waals surface area contributed by atoms with Crippen LogP contribution < -0.4 is 0 Å². The zero-order valence-electron chi connectivity index (χ0n) is 7.08. The van der Waals surface area contributed by atoms with E-state index in [0.29, 0.717) is 5.56 Å². The zero-order chi connectivity index (χ0) is 10.6. The summed E-state index contributed by atoms with van der Waals surface area (Å²) in [6.45, 7) is 0. The van der Waals surface area contributed by atoms with E-state index in [1.165, 1.54) is 18.2 Å². The van der Waals surface area contributed by atoms with Crippen LogP contribution in [-0.2, 0) is 4.79 Å². The number of nitrogens with zero attached hydrogens (tertiary/aromatic N) is 1. The van der Waals surface area contributed by atoms with E-state index in [-0.39, 0.29) is 11.6 Å². The second-order valence-electron chi connectivity index (χ2n) is 2.53. The number of carboxylic acid groups (broad SMARTS) is 1. The molecule has 0 bridgehead atoms. The van der Waals surface area contributed by atoms with Gasteiger partial charge in [0.05, 0.1) is 12.6 Å². The molecule has 0 aliphatic carbocycles. The number of hydrogen-bond donors (Lipinski definition) is 1. The van der Waals surface area contributed by atoms with Crippen molar-refractivity contribution in [3.05, 3.63) is 34.9 Å². The molecule has 74 valence electrons. The number of aromatic nitrogens is 1. The van der Waals surface area contributed by atoms with Gasteiger partial charge in [-0.05, 0) is 6.07 Å². The monoisotopic (exact) mass is 215 g/mol. The van der Waals surface area contributed by atoms with E-state index in [4.69, 9.17) is 16.7 Å². The molecule has 5 heteroatoms. The van der Waals surface area contributed by atoms with E-state index in [9.17, 15) is 9.18 Å². The molecule has 0 aromatic carbocycles. The Balaban J connectivity index is 2.80. The number of rotatable bonds is 3. The van der Waals surface area contributed by atoms with Gasteiger partial charge in [0.15, 0.2) is 0 Å². The van der Waals surface area contributed by atoms with Crippen molar-refractivity contribution in [2.24, 2.45) is 0 Å². The third kappa shape index (κ3) is 3.14. The average molecular weight is 216 g/mol. The normalized spacial score (nSPS) is 10.7. The summed E-state index contributed by atoms with van der Waals surface area (Å²) in [5.41, 5.74) is 0.368. The highest BCUT2D eigenvalue weighted by atomic mass is 35.5. The van der Waals surface area contributed by atoms with Crippen molar-refractivity contribution in [3.63, 3.8) is 0 Å².